The lowest BCUT2D eigenvalue weighted by atomic mass is 9.48. The van der Waals surface area contributed by atoms with E-state index in [0.29, 0.717) is 0 Å². The minimum atomic E-state index is -0.718. The zero-order valence-electron chi connectivity index (χ0n) is 14.5. The molecule has 4 saturated carbocycles. The number of para-hydroxylation sites is 1. The molecule has 4 aliphatic carbocycles. The molecule has 0 heterocycles. The number of rotatable bonds is 4. The third-order valence-corrected chi connectivity index (χ3v) is 6.82. The number of carbonyl (C=O) groups is 2. The van der Waals surface area contributed by atoms with Crippen LogP contribution in [-0.2, 0) is 9.59 Å². The highest BCUT2D eigenvalue weighted by Gasteiger charge is 2.61. The second-order valence-electron chi connectivity index (χ2n) is 8.16. The van der Waals surface area contributed by atoms with Crippen LogP contribution in [0.3, 0.4) is 0 Å². The van der Waals surface area contributed by atoms with Gasteiger partial charge in [0.1, 0.15) is 5.54 Å². The van der Waals surface area contributed by atoms with Crippen molar-refractivity contribution in [2.24, 2.45) is 23.7 Å². The van der Waals surface area contributed by atoms with E-state index in [9.17, 15) is 9.59 Å². The number of hydrogen-bond donors (Lipinski definition) is 2. The Bertz CT molecular complexity index is 634. The zero-order chi connectivity index (χ0) is 16.9. The van der Waals surface area contributed by atoms with Gasteiger partial charge in [-0.1, -0.05) is 18.2 Å². The molecule has 4 nitrogen and oxygen atoms in total. The molecule has 4 bridgehead atoms. The van der Waals surface area contributed by atoms with Gasteiger partial charge < -0.3 is 10.6 Å². The van der Waals surface area contributed by atoms with Gasteiger partial charge in [0.05, 0.1) is 0 Å². The van der Waals surface area contributed by atoms with Crippen molar-refractivity contribution in [2.45, 2.75) is 51.5 Å². The molecular formula is C20H26N2O2. The van der Waals surface area contributed by atoms with Crippen LogP contribution in [-0.4, -0.2) is 17.9 Å². The highest BCUT2D eigenvalue weighted by molar-refractivity contribution is 6.01. The van der Waals surface area contributed by atoms with Gasteiger partial charge in [-0.15, -0.1) is 0 Å². The van der Waals surface area contributed by atoms with E-state index in [4.69, 9.17) is 0 Å². The molecule has 4 aliphatic rings. The van der Waals surface area contributed by atoms with Gasteiger partial charge >= 0.3 is 0 Å². The van der Waals surface area contributed by atoms with Gasteiger partial charge in [0.15, 0.2) is 0 Å². The summed E-state index contributed by atoms with van der Waals surface area (Å²) < 4.78 is 0. The Labute approximate surface area is 143 Å². The lowest BCUT2D eigenvalue weighted by molar-refractivity contribution is -0.144. The third-order valence-electron chi connectivity index (χ3n) is 6.82. The van der Waals surface area contributed by atoms with Gasteiger partial charge in [-0.3, -0.25) is 9.59 Å². The smallest absolute Gasteiger partial charge is 0.250 e. The highest BCUT2D eigenvalue weighted by Crippen LogP contribution is 2.58. The van der Waals surface area contributed by atoms with E-state index in [1.807, 2.05) is 32.0 Å². The maximum Gasteiger partial charge on any atom is 0.250 e. The Kier molecular flexibility index (Phi) is 3.66. The minimum Gasteiger partial charge on any atom is -0.344 e. The molecule has 1 aromatic rings. The Morgan fingerprint density at radius 1 is 1.04 bits per heavy atom. The molecule has 0 radical (unpaired) electrons. The number of amides is 2. The first-order valence-electron chi connectivity index (χ1n) is 9.13. The fourth-order valence-corrected chi connectivity index (χ4v) is 5.93. The molecule has 0 aliphatic heterocycles. The average Bonchev–Trinajstić information content (AvgIpc) is 2.54. The van der Waals surface area contributed by atoms with Gasteiger partial charge in [-0.25, -0.2) is 0 Å². The zero-order valence-corrected chi connectivity index (χ0v) is 14.5. The summed E-state index contributed by atoms with van der Waals surface area (Å²) in [6.45, 7) is 4.03. The molecule has 1 aromatic carbocycles. The summed E-state index contributed by atoms with van der Waals surface area (Å²) in [6.07, 6.45) is 6.37. The molecule has 4 fully saturated rings. The Morgan fingerprint density at radius 3 is 2.08 bits per heavy atom. The van der Waals surface area contributed by atoms with Crippen molar-refractivity contribution in [3.05, 3.63) is 29.3 Å². The summed E-state index contributed by atoms with van der Waals surface area (Å²) in [5, 5.41) is 6.18. The first-order chi connectivity index (χ1) is 11.5. The molecule has 2 N–H and O–H groups in total. The van der Waals surface area contributed by atoms with Crippen LogP contribution in [0.2, 0.25) is 0 Å². The van der Waals surface area contributed by atoms with Gasteiger partial charge in [0, 0.05) is 5.69 Å². The molecule has 0 spiro atoms. The van der Waals surface area contributed by atoms with Crippen LogP contribution in [0.25, 0.3) is 0 Å². The van der Waals surface area contributed by atoms with Crippen molar-refractivity contribution in [3.63, 3.8) is 0 Å². The largest absolute Gasteiger partial charge is 0.344 e. The second-order valence-corrected chi connectivity index (χ2v) is 8.16. The number of aryl methyl sites for hydroxylation is 2. The van der Waals surface area contributed by atoms with E-state index >= 15 is 0 Å². The van der Waals surface area contributed by atoms with Crippen molar-refractivity contribution in [1.82, 2.24) is 5.32 Å². The van der Waals surface area contributed by atoms with E-state index in [-0.39, 0.29) is 17.7 Å². The van der Waals surface area contributed by atoms with E-state index in [1.54, 1.807) is 0 Å². The van der Waals surface area contributed by atoms with Gasteiger partial charge in [-0.2, -0.15) is 0 Å². The Balaban J connectivity index is 1.68. The van der Waals surface area contributed by atoms with Crippen molar-refractivity contribution >= 4 is 18.0 Å². The lowest BCUT2D eigenvalue weighted by Crippen LogP contribution is -2.70. The summed E-state index contributed by atoms with van der Waals surface area (Å²) in [4.78, 5) is 24.8. The number of anilines is 1. The Hall–Kier alpha value is -1.84. The van der Waals surface area contributed by atoms with Gasteiger partial charge in [0.2, 0.25) is 6.41 Å². The van der Waals surface area contributed by atoms with Crippen LogP contribution in [0, 0.1) is 37.5 Å². The minimum absolute atomic E-state index is 0.0131. The number of carbonyl (C=O) groups excluding carboxylic acids is 2. The van der Waals surface area contributed by atoms with Gasteiger partial charge in [0.25, 0.3) is 5.91 Å². The van der Waals surface area contributed by atoms with E-state index < -0.39 is 5.54 Å². The highest BCUT2D eigenvalue weighted by atomic mass is 16.2. The molecule has 128 valence electrons. The summed E-state index contributed by atoms with van der Waals surface area (Å²) in [5.74, 6) is 2.05. The van der Waals surface area contributed by atoms with Crippen LogP contribution in [0.1, 0.15) is 43.2 Å². The van der Waals surface area contributed by atoms with Crippen molar-refractivity contribution in [3.8, 4) is 0 Å². The van der Waals surface area contributed by atoms with E-state index in [0.717, 1.165) is 60.7 Å². The lowest BCUT2D eigenvalue weighted by Gasteiger charge is -2.59. The standard InChI is InChI=1S/C20H26N2O2/c1-12-4-3-5-13(2)18(12)22-19(24)20(21-11-23)16-7-14-6-15(9-16)10-17(20)8-14/h3-5,11,14-17H,6-10H2,1-2H3,(H,21,23)(H,22,24). The molecule has 4 heteroatoms. The van der Waals surface area contributed by atoms with Gasteiger partial charge in [-0.05, 0) is 80.8 Å². The first kappa shape index (κ1) is 15.7. The quantitative estimate of drug-likeness (QED) is 0.835. The number of nitrogens with one attached hydrogen (secondary N) is 2. The van der Waals surface area contributed by atoms with Crippen LogP contribution in [0.4, 0.5) is 5.69 Å². The van der Waals surface area contributed by atoms with Crippen LogP contribution in [0.5, 0.6) is 0 Å². The fraction of sp³-hybridized carbons (Fsp3) is 0.600. The Morgan fingerprint density at radius 2 is 1.58 bits per heavy atom. The van der Waals surface area contributed by atoms with Crippen LogP contribution in [0.15, 0.2) is 18.2 Å². The number of hydrogen-bond acceptors (Lipinski definition) is 2. The van der Waals surface area contributed by atoms with E-state index in [1.165, 1.54) is 6.42 Å². The third kappa shape index (κ3) is 2.19. The summed E-state index contributed by atoms with van der Waals surface area (Å²) in [5.41, 5.74) is 2.30. The van der Waals surface area contributed by atoms with Crippen molar-refractivity contribution in [2.75, 3.05) is 5.32 Å². The first-order valence-corrected chi connectivity index (χ1v) is 9.13. The predicted molar refractivity (Wildman–Crippen MR) is 93.5 cm³/mol. The molecule has 24 heavy (non-hydrogen) atoms. The SMILES string of the molecule is Cc1cccc(C)c1NC(=O)C1(NC=O)C2CC3CC(C2)CC1C3. The topological polar surface area (TPSA) is 58.2 Å². The maximum atomic E-state index is 13.4. The normalized spacial score (nSPS) is 36.4. The molecule has 0 saturated heterocycles. The van der Waals surface area contributed by atoms with E-state index in [2.05, 4.69) is 10.6 Å². The average molecular weight is 326 g/mol. The summed E-state index contributed by atoms with van der Waals surface area (Å²) >= 11 is 0. The molecule has 0 unspecified atom stereocenters. The molecule has 0 atom stereocenters. The molecule has 0 aromatic heterocycles. The summed E-state index contributed by atoms with van der Waals surface area (Å²) in [6, 6.07) is 6.03. The molecule has 5 rings (SSSR count). The van der Waals surface area contributed by atoms with Crippen LogP contribution >= 0.6 is 0 Å². The second kappa shape index (κ2) is 5.61. The maximum absolute atomic E-state index is 13.4. The fourth-order valence-electron chi connectivity index (χ4n) is 5.93. The van der Waals surface area contributed by atoms with Crippen molar-refractivity contribution in [1.29, 1.82) is 0 Å². The molecular weight excluding hydrogens is 300 g/mol. The predicted octanol–water partition coefficient (Wildman–Crippen LogP) is 3.18. The van der Waals surface area contributed by atoms with Crippen LogP contribution < -0.4 is 10.6 Å². The van der Waals surface area contributed by atoms with Crippen molar-refractivity contribution < 1.29 is 9.59 Å². The molecule has 2 amide bonds. The number of benzene rings is 1. The summed E-state index contributed by atoms with van der Waals surface area (Å²) in [7, 11) is 0. The monoisotopic (exact) mass is 326 g/mol.